The predicted octanol–water partition coefficient (Wildman–Crippen LogP) is 1.27. The number of aromatic nitrogens is 5. The summed E-state index contributed by atoms with van der Waals surface area (Å²) in [5.74, 6) is -0.152. The molecular weight excluding hydrogens is 320 g/mol. The van der Waals surface area contributed by atoms with Crippen molar-refractivity contribution in [2.45, 2.75) is 25.5 Å². The van der Waals surface area contributed by atoms with Gasteiger partial charge in [-0.3, -0.25) is 14.2 Å². The molecule has 1 N–H and O–H groups in total. The number of carbonyl (C=O) groups is 1. The van der Waals surface area contributed by atoms with E-state index in [9.17, 15) is 4.79 Å². The minimum absolute atomic E-state index is 0.0893. The van der Waals surface area contributed by atoms with Gasteiger partial charge in [0, 0.05) is 38.5 Å². The third-order valence-corrected chi connectivity index (χ3v) is 4.68. The topological polar surface area (TPSA) is 86.9 Å². The van der Waals surface area contributed by atoms with Gasteiger partial charge in [0.05, 0.1) is 23.0 Å². The summed E-state index contributed by atoms with van der Waals surface area (Å²) in [6.07, 6.45) is 3.91. The summed E-state index contributed by atoms with van der Waals surface area (Å²) < 4.78 is 9.31. The van der Waals surface area contributed by atoms with Gasteiger partial charge in [-0.25, -0.2) is 4.98 Å². The van der Waals surface area contributed by atoms with E-state index < -0.39 is 0 Å². The molecule has 0 aliphatic carbocycles. The molecule has 2 atom stereocenters. The van der Waals surface area contributed by atoms with Crippen molar-refractivity contribution in [3.63, 3.8) is 0 Å². The van der Waals surface area contributed by atoms with E-state index in [4.69, 9.17) is 4.74 Å². The van der Waals surface area contributed by atoms with E-state index in [2.05, 4.69) is 20.5 Å². The summed E-state index contributed by atoms with van der Waals surface area (Å²) in [6, 6.07) is 3.67. The fourth-order valence-corrected chi connectivity index (χ4v) is 3.38. The molecule has 0 spiro atoms. The first-order chi connectivity index (χ1) is 12.0. The maximum atomic E-state index is 12.7. The summed E-state index contributed by atoms with van der Waals surface area (Å²) in [6.45, 7) is 2.52. The molecular formula is C17H20N6O2. The lowest BCUT2D eigenvalue weighted by atomic mass is 10.1. The standard InChI is InChI=1S/C17H20N6O2/c1-10-12-8-11(9-18-16(12)23(3)21-10)17(24)20-13-5-7-25-15(13)14-4-6-19-22(14)2/h4,6,8-9,13,15H,5,7H2,1-3H3,(H,20,24)/t13-,15-/m0/s1. The predicted molar refractivity (Wildman–Crippen MR) is 91.0 cm³/mol. The Morgan fingerprint density at radius 2 is 2.20 bits per heavy atom. The fraction of sp³-hybridized carbons (Fsp3) is 0.412. The minimum atomic E-state index is -0.187. The van der Waals surface area contributed by atoms with Gasteiger partial charge in [0.2, 0.25) is 0 Å². The number of fused-ring (bicyclic) bond motifs is 1. The molecule has 1 amide bonds. The number of carbonyl (C=O) groups excluding carboxylic acids is 1. The molecule has 1 fully saturated rings. The van der Waals surface area contributed by atoms with Gasteiger partial charge in [-0.2, -0.15) is 10.2 Å². The molecule has 1 aliphatic heterocycles. The van der Waals surface area contributed by atoms with Gasteiger partial charge in [0.25, 0.3) is 5.91 Å². The lowest BCUT2D eigenvalue weighted by molar-refractivity contribution is 0.0792. The fourth-order valence-electron chi connectivity index (χ4n) is 3.38. The number of nitrogens with zero attached hydrogens (tertiary/aromatic N) is 5. The molecule has 3 aromatic heterocycles. The van der Waals surface area contributed by atoms with Crippen molar-refractivity contribution in [2.75, 3.05) is 6.61 Å². The van der Waals surface area contributed by atoms with Crippen molar-refractivity contribution < 1.29 is 9.53 Å². The number of aryl methyl sites for hydroxylation is 3. The third kappa shape index (κ3) is 2.68. The first kappa shape index (κ1) is 15.8. The first-order valence-electron chi connectivity index (χ1n) is 8.24. The first-order valence-corrected chi connectivity index (χ1v) is 8.24. The van der Waals surface area contributed by atoms with Gasteiger partial charge in [-0.1, -0.05) is 0 Å². The van der Waals surface area contributed by atoms with Crippen molar-refractivity contribution >= 4 is 16.9 Å². The molecule has 1 aliphatic rings. The Morgan fingerprint density at radius 3 is 2.96 bits per heavy atom. The zero-order valence-corrected chi connectivity index (χ0v) is 14.4. The van der Waals surface area contributed by atoms with Crippen LogP contribution in [0.25, 0.3) is 11.0 Å². The van der Waals surface area contributed by atoms with Crippen LogP contribution in [0.1, 0.15) is 34.3 Å². The largest absolute Gasteiger partial charge is 0.370 e. The summed E-state index contributed by atoms with van der Waals surface area (Å²) in [5.41, 5.74) is 3.11. The second-order valence-corrected chi connectivity index (χ2v) is 6.34. The van der Waals surface area contributed by atoms with E-state index in [1.807, 2.05) is 33.2 Å². The second-order valence-electron chi connectivity index (χ2n) is 6.34. The van der Waals surface area contributed by atoms with E-state index in [0.717, 1.165) is 28.8 Å². The maximum absolute atomic E-state index is 12.7. The summed E-state index contributed by atoms with van der Waals surface area (Å²) in [7, 11) is 3.72. The Kier molecular flexibility index (Phi) is 3.76. The number of rotatable bonds is 3. The van der Waals surface area contributed by atoms with E-state index in [1.54, 1.807) is 21.8 Å². The number of pyridine rings is 1. The van der Waals surface area contributed by atoms with Crippen molar-refractivity contribution in [1.82, 2.24) is 29.9 Å². The van der Waals surface area contributed by atoms with Crippen LogP contribution in [0.15, 0.2) is 24.5 Å². The van der Waals surface area contributed by atoms with Crippen molar-refractivity contribution in [3.8, 4) is 0 Å². The Balaban J connectivity index is 1.57. The maximum Gasteiger partial charge on any atom is 0.253 e. The van der Waals surface area contributed by atoms with Crippen molar-refractivity contribution in [3.05, 3.63) is 41.5 Å². The monoisotopic (exact) mass is 340 g/mol. The molecule has 3 aromatic rings. The van der Waals surface area contributed by atoms with Gasteiger partial charge in [-0.05, 0) is 25.5 Å². The van der Waals surface area contributed by atoms with Crippen LogP contribution in [0.3, 0.4) is 0 Å². The van der Waals surface area contributed by atoms with Crippen molar-refractivity contribution in [1.29, 1.82) is 0 Å². The van der Waals surface area contributed by atoms with Crippen LogP contribution in [0.4, 0.5) is 0 Å². The molecule has 25 heavy (non-hydrogen) atoms. The molecule has 130 valence electrons. The van der Waals surface area contributed by atoms with Gasteiger partial charge >= 0.3 is 0 Å². The highest BCUT2D eigenvalue weighted by Crippen LogP contribution is 2.29. The molecule has 0 radical (unpaired) electrons. The van der Waals surface area contributed by atoms with E-state index in [1.165, 1.54) is 0 Å². The molecule has 1 saturated heterocycles. The average molecular weight is 340 g/mol. The van der Waals surface area contributed by atoms with Crippen LogP contribution in [0.5, 0.6) is 0 Å². The summed E-state index contributed by atoms with van der Waals surface area (Å²) in [4.78, 5) is 17.1. The number of nitrogens with one attached hydrogen (secondary N) is 1. The molecule has 8 heteroatoms. The molecule has 4 heterocycles. The third-order valence-electron chi connectivity index (χ3n) is 4.68. The zero-order chi connectivity index (χ0) is 17.6. The number of ether oxygens (including phenoxy) is 1. The Labute approximate surface area is 144 Å². The average Bonchev–Trinajstić information content (AvgIpc) is 3.28. The van der Waals surface area contributed by atoms with Crippen LogP contribution in [-0.2, 0) is 18.8 Å². The van der Waals surface area contributed by atoms with Crippen LogP contribution in [0.2, 0.25) is 0 Å². The molecule has 4 rings (SSSR count). The lowest BCUT2D eigenvalue weighted by Gasteiger charge is -2.20. The highest BCUT2D eigenvalue weighted by atomic mass is 16.5. The van der Waals surface area contributed by atoms with Crippen LogP contribution in [-0.4, -0.2) is 43.1 Å². The summed E-state index contributed by atoms with van der Waals surface area (Å²) in [5, 5.41) is 12.5. The van der Waals surface area contributed by atoms with E-state index in [-0.39, 0.29) is 18.1 Å². The molecule has 0 aromatic carbocycles. The smallest absolute Gasteiger partial charge is 0.253 e. The highest BCUT2D eigenvalue weighted by molar-refractivity contribution is 5.97. The molecule has 8 nitrogen and oxygen atoms in total. The van der Waals surface area contributed by atoms with Gasteiger partial charge in [0.1, 0.15) is 6.10 Å². The zero-order valence-electron chi connectivity index (χ0n) is 14.4. The highest BCUT2D eigenvalue weighted by Gasteiger charge is 2.33. The van der Waals surface area contributed by atoms with Gasteiger partial charge in [-0.15, -0.1) is 0 Å². The number of amides is 1. The minimum Gasteiger partial charge on any atom is -0.370 e. The molecule has 0 bridgehead atoms. The van der Waals surface area contributed by atoms with Crippen LogP contribution >= 0.6 is 0 Å². The Morgan fingerprint density at radius 1 is 1.36 bits per heavy atom. The quantitative estimate of drug-likeness (QED) is 0.776. The second kappa shape index (κ2) is 5.96. The summed E-state index contributed by atoms with van der Waals surface area (Å²) >= 11 is 0. The SMILES string of the molecule is Cc1nn(C)c2ncc(C(=O)N[C@H]3CCO[C@@H]3c3ccnn3C)cc12. The normalized spacial score (nSPS) is 20.3. The van der Waals surface area contributed by atoms with Gasteiger partial charge < -0.3 is 10.1 Å². The lowest BCUT2D eigenvalue weighted by Crippen LogP contribution is -2.37. The van der Waals surface area contributed by atoms with Crippen LogP contribution in [0, 0.1) is 6.92 Å². The molecule has 0 unspecified atom stereocenters. The van der Waals surface area contributed by atoms with E-state index >= 15 is 0 Å². The van der Waals surface area contributed by atoms with Crippen LogP contribution < -0.4 is 5.32 Å². The Hall–Kier alpha value is -2.74. The molecule has 0 saturated carbocycles. The van der Waals surface area contributed by atoms with E-state index in [0.29, 0.717) is 12.2 Å². The van der Waals surface area contributed by atoms with Gasteiger partial charge in [0.15, 0.2) is 5.65 Å². The number of hydrogen-bond acceptors (Lipinski definition) is 5. The van der Waals surface area contributed by atoms with Crippen molar-refractivity contribution in [2.24, 2.45) is 14.1 Å². The number of hydrogen-bond donors (Lipinski definition) is 1. The Bertz CT molecular complexity index is 944.